The maximum Gasteiger partial charge on any atom is 0.249 e. The van der Waals surface area contributed by atoms with Crippen molar-refractivity contribution in [3.05, 3.63) is 59.2 Å². The Bertz CT molecular complexity index is 864. The number of hydrogen-bond acceptors (Lipinski definition) is 4. The lowest BCUT2D eigenvalue weighted by Gasteiger charge is -2.22. The van der Waals surface area contributed by atoms with Crippen LogP contribution in [0.5, 0.6) is 5.75 Å². The first-order valence-corrected chi connectivity index (χ1v) is 8.41. The van der Waals surface area contributed by atoms with Gasteiger partial charge in [0.2, 0.25) is 5.91 Å². The molecule has 0 fully saturated rings. The highest BCUT2D eigenvalue weighted by Gasteiger charge is 2.26. The summed E-state index contributed by atoms with van der Waals surface area (Å²) in [7, 11) is 0. The van der Waals surface area contributed by atoms with Crippen LogP contribution in [0.4, 0.5) is 5.69 Å². The molecule has 0 radical (unpaired) electrons. The first kappa shape index (κ1) is 19.1. The van der Waals surface area contributed by atoms with Gasteiger partial charge in [0.25, 0.3) is 0 Å². The third-order valence-electron chi connectivity index (χ3n) is 4.34. The molecule has 0 aromatic heterocycles. The van der Waals surface area contributed by atoms with Crippen molar-refractivity contribution in [2.24, 2.45) is 5.73 Å². The minimum Gasteiger partial charge on any atom is -0.507 e. The Kier molecular flexibility index (Phi) is 6.03. The summed E-state index contributed by atoms with van der Waals surface area (Å²) in [6.45, 7) is 5.58. The molecule has 2 aromatic rings. The first-order chi connectivity index (χ1) is 12.4. The Hall–Kier alpha value is -3.26. The lowest BCUT2D eigenvalue weighted by atomic mass is 9.87. The molecule has 0 aliphatic heterocycles. The number of phenols is 1. The molecule has 3 N–H and O–H groups in total. The largest absolute Gasteiger partial charge is 0.507 e. The molecular formula is C21H22N2O3. The SMILES string of the molecule is C#CC(C(=O)c1ccc(N(CC)CC)cc1O)c1ccccc1C(N)=O. The number of carbonyl (C=O) groups excluding carboxylic acids is 2. The van der Waals surface area contributed by atoms with Crippen LogP contribution in [0.25, 0.3) is 0 Å². The van der Waals surface area contributed by atoms with E-state index in [0.717, 1.165) is 18.8 Å². The molecule has 1 amide bonds. The number of benzene rings is 2. The van der Waals surface area contributed by atoms with Gasteiger partial charge < -0.3 is 15.7 Å². The molecule has 0 saturated heterocycles. The minimum atomic E-state index is -1.01. The Morgan fingerprint density at radius 1 is 1.15 bits per heavy atom. The molecular weight excluding hydrogens is 328 g/mol. The number of Topliss-reactive ketones (excluding diaryl/α,β-unsaturated/α-hetero) is 1. The van der Waals surface area contributed by atoms with E-state index in [4.69, 9.17) is 12.2 Å². The second-order valence-electron chi connectivity index (χ2n) is 5.79. The Morgan fingerprint density at radius 3 is 2.35 bits per heavy atom. The number of amides is 1. The van der Waals surface area contributed by atoms with Gasteiger partial charge in [-0.3, -0.25) is 9.59 Å². The van der Waals surface area contributed by atoms with E-state index in [0.29, 0.717) is 5.56 Å². The van der Waals surface area contributed by atoms with E-state index < -0.39 is 17.6 Å². The molecule has 0 heterocycles. The second-order valence-corrected chi connectivity index (χ2v) is 5.79. The molecule has 0 bridgehead atoms. The molecule has 2 rings (SSSR count). The van der Waals surface area contributed by atoms with Gasteiger partial charge in [-0.25, -0.2) is 0 Å². The quantitative estimate of drug-likeness (QED) is 0.594. The van der Waals surface area contributed by atoms with Crippen molar-refractivity contribution >= 4 is 17.4 Å². The summed E-state index contributed by atoms with van der Waals surface area (Å²) in [4.78, 5) is 26.6. The van der Waals surface area contributed by atoms with E-state index >= 15 is 0 Å². The molecule has 0 spiro atoms. The zero-order chi connectivity index (χ0) is 19.3. The fraction of sp³-hybridized carbons (Fsp3) is 0.238. The maximum atomic E-state index is 12.9. The molecule has 1 atom stereocenters. The summed E-state index contributed by atoms with van der Waals surface area (Å²) < 4.78 is 0. The van der Waals surface area contributed by atoms with Crippen LogP contribution in [0.2, 0.25) is 0 Å². The molecule has 5 heteroatoms. The summed E-state index contributed by atoms with van der Waals surface area (Å²) in [5, 5.41) is 10.4. The average molecular weight is 350 g/mol. The fourth-order valence-electron chi connectivity index (χ4n) is 2.95. The number of nitrogens with zero attached hydrogens (tertiary/aromatic N) is 1. The summed E-state index contributed by atoms with van der Waals surface area (Å²) >= 11 is 0. The predicted molar refractivity (Wildman–Crippen MR) is 103 cm³/mol. The zero-order valence-corrected chi connectivity index (χ0v) is 14.9. The number of hydrogen-bond donors (Lipinski definition) is 2. The van der Waals surface area contributed by atoms with Gasteiger partial charge in [0.05, 0.1) is 5.56 Å². The van der Waals surface area contributed by atoms with E-state index in [1.807, 2.05) is 13.8 Å². The number of primary amides is 1. The van der Waals surface area contributed by atoms with Gasteiger partial charge >= 0.3 is 0 Å². The topological polar surface area (TPSA) is 83.6 Å². The van der Waals surface area contributed by atoms with Crippen molar-refractivity contribution in [2.75, 3.05) is 18.0 Å². The number of rotatable bonds is 7. The normalized spacial score (nSPS) is 11.4. The van der Waals surface area contributed by atoms with Crippen LogP contribution >= 0.6 is 0 Å². The first-order valence-electron chi connectivity index (χ1n) is 8.41. The van der Waals surface area contributed by atoms with Crippen LogP contribution in [0.1, 0.15) is 46.0 Å². The lowest BCUT2D eigenvalue weighted by Crippen LogP contribution is -2.22. The number of anilines is 1. The van der Waals surface area contributed by atoms with E-state index in [2.05, 4.69) is 10.8 Å². The predicted octanol–water partition coefficient (Wildman–Crippen LogP) is 2.94. The second kappa shape index (κ2) is 8.21. The lowest BCUT2D eigenvalue weighted by molar-refractivity contribution is 0.0976. The highest BCUT2D eigenvalue weighted by molar-refractivity contribution is 6.07. The number of ketones is 1. The number of aromatic hydroxyl groups is 1. The van der Waals surface area contributed by atoms with Crippen LogP contribution < -0.4 is 10.6 Å². The molecule has 0 aliphatic carbocycles. The van der Waals surface area contributed by atoms with Crippen molar-refractivity contribution < 1.29 is 14.7 Å². The molecule has 5 nitrogen and oxygen atoms in total. The van der Waals surface area contributed by atoms with Crippen molar-refractivity contribution in [1.29, 1.82) is 0 Å². The van der Waals surface area contributed by atoms with Gasteiger partial charge in [-0.15, -0.1) is 6.42 Å². The average Bonchev–Trinajstić information content (AvgIpc) is 2.63. The van der Waals surface area contributed by atoms with Crippen molar-refractivity contribution in [3.63, 3.8) is 0 Å². The number of terminal acetylenes is 1. The smallest absolute Gasteiger partial charge is 0.249 e. The van der Waals surface area contributed by atoms with Crippen LogP contribution in [0.15, 0.2) is 42.5 Å². The Balaban J connectivity index is 2.44. The third kappa shape index (κ3) is 3.70. The zero-order valence-electron chi connectivity index (χ0n) is 14.9. The van der Waals surface area contributed by atoms with Crippen molar-refractivity contribution in [3.8, 4) is 18.1 Å². The fourth-order valence-corrected chi connectivity index (χ4v) is 2.95. The van der Waals surface area contributed by atoms with E-state index in [9.17, 15) is 14.7 Å². The highest BCUT2D eigenvalue weighted by atomic mass is 16.3. The number of phenolic OH excluding ortho intramolecular Hbond substituents is 1. The van der Waals surface area contributed by atoms with Gasteiger partial charge in [-0.2, -0.15) is 0 Å². The van der Waals surface area contributed by atoms with E-state index in [1.165, 1.54) is 6.07 Å². The van der Waals surface area contributed by atoms with Gasteiger partial charge in [0, 0.05) is 30.4 Å². The third-order valence-corrected chi connectivity index (χ3v) is 4.34. The maximum absolute atomic E-state index is 12.9. The van der Waals surface area contributed by atoms with Gasteiger partial charge in [-0.05, 0) is 37.6 Å². The Labute approximate surface area is 153 Å². The molecule has 2 aromatic carbocycles. The number of nitrogens with two attached hydrogens (primary N) is 1. The molecule has 0 saturated carbocycles. The van der Waals surface area contributed by atoms with Gasteiger partial charge in [-0.1, -0.05) is 24.1 Å². The minimum absolute atomic E-state index is 0.114. The highest BCUT2D eigenvalue weighted by Crippen LogP contribution is 2.30. The van der Waals surface area contributed by atoms with Crippen molar-refractivity contribution in [1.82, 2.24) is 0 Å². The van der Waals surface area contributed by atoms with Crippen LogP contribution in [-0.4, -0.2) is 29.9 Å². The van der Waals surface area contributed by atoms with Crippen LogP contribution in [-0.2, 0) is 0 Å². The number of carbonyl (C=O) groups is 2. The van der Waals surface area contributed by atoms with Gasteiger partial charge in [0.1, 0.15) is 11.7 Å². The molecule has 26 heavy (non-hydrogen) atoms. The molecule has 134 valence electrons. The van der Waals surface area contributed by atoms with Gasteiger partial charge in [0.15, 0.2) is 5.78 Å². The standard InChI is InChI=1S/C21H22N2O3/c1-4-15(16-9-7-8-10-17(16)21(22)26)20(25)18-12-11-14(13-19(18)24)23(5-2)6-3/h1,7-13,15,24H,5-6H2,2-3H3,(H2,22,26). The summed E-state index contributed by atoms with van der Waals surface area (Å²) in [6.07, 6.45) is 5.57. The van der Waals surface area contributed by atoms with Crippen LogP contribution in [0, 0.1) is 12.3 Å². The van der Waals surface area contributed by atoms with E-state index in [1.54, 1.807) is 36.4 Å². The molecule has 1 unspecified atom stereocenters. The van der Waals surface area contributed by atoms with E-state index in [-0.39, 0.29) is 16.9 Å². The molecule has 0 aliphatic rings. The van der Waals surface area contributed by atoms with Crippen LogP contribution in [0.3, 0.4) is 0 Å². The summed E-state index contributed by atoms with van der Waals surface area (Å²) in [5.41, 5.74) is 6.88. The summed E-state index contributed by atoms with van der Waals surface area (Å²) in [5.74, 6) is 0.156. The van der Waals surface area contributed by atoms with Crippen molar-refractivity contribution in [2.45, 2.75) is 19.8 Å². The Morgan fingerprint density at radius 2 is 1.81 bits per heavy atom. The summed E-state index contributed by atoms with van der Waals surface area (Å²) in [6, 6.07) is 11.3. The monoisotopic (exact) mass is 350 g/mol.